The van der Waals surface area contributed by atoms with Crippen LogP contribution in [-0.4, -0.2) is 46.7 Å². The molecular weight excluding hydrogens is 378 g/mol. The van der Waals surface area contributed by atoms with Crippen LogP contribution in [0.3, 0.4) is 0 Å². The van der Waals surface area contributed by atoms with E-state index < -0.39 is 19.9 Å². The Hall–Kier alpha value is -0.150. The van der Waals surface area contributed by atoms with Crippen molar-refractivity contribution in [2.45, 2.75) is 4.90 Å². The summed E-state index contributed by atoms with van der Waals surface area (Å²) in [5.74, 6) is -0.225. The maximum absolute atomic E-state index is 12.2. The van der Waals surface area contributed by atoms with Gasteiger partial charge in [-0.1, -0.05) is 11.6 Å². The summed E-state index contributed by atoms with van der Waals surface area (Å²) in [6.07, 6.45) is 1.06. The van der Waals surface area contributed by atoms with Crippen LogP contribution < -0.4 is 0 Å². The summed E-state index contributed by atoms with van der Waals surface area (Å²) < 4.78 is 47.9. The molecule has 0 heterocycles. The highest BCUT2D eigenvalue weighted by molar-refractivity contribution is 9.10. The molecule has 1 aromatic carbocycles. The van der Waals surface area contributed by atoms with Gasteiger partial charge in [0.1, 0.15) is 9.84 Å². The summed E-state index contributed by atoms with van der Waals surface area (Å²) in [4.78, 5) is 0.0553. The van der Waals surface area contributed by atoms with Crippen molar-refractivity contribution in [3.63, 3.8) is 0 Å². The minimum absolute atomic E-state index is 0.0553. The standard InChI is InChI=1S/C10H13BrClNO4S2/c1-13(5-6-18(2,14)15)19(16,17)8-3-4-10(12)9(11)7-8/h3-4,7H,5-6H2,1-2H3. The van der Waals surface area contributed by atoms with Crippen LogP contribution in [0.2, 0.25) is 5.02 Å². The Morgan fingerprint density at radius 3 is 2.32 bits per heavy atom. The molecule has 0 radical (unpaired) electrons. The Kier molecular flexibility index (Phi) is 5.42. The maximum atomic E-state index is 12.2. The second-order valence-corrected chi connectivity index (χ2v) is 9.60. The fourth-order valence-corrected chi connectivity index (χ4v) is 3.80. The molecule has 0 fully saturated rings. The number of rotatable bonds is 5. The quantitative estimate of drug-likeness (QED) is 0.768. The Morgan fingerprint density at radius 1 is 1.26 bits per heavy atom. The molecule has 1 aromatic rings. The van der Waals surface area contributed by atoms with E-state index in [-0.39, 0.29) is 17.2 Å². The van der Waals surface area contributed by atoms with Gasteiger partial charge in [-0.15, -0.1) is 0 Å². The topological polar surface area (TPSA) is 71.5 Å². The molecule has 0 aromatic heterocycles. The van der Waals surface area contributed by atoms with E-state index in [1.165, 1.54) is 25.2 Å². The van der Waals surface area contributed by atoms with E-state index in [0.29, 0.717) is 9.50 Å². The summed E-state index contributed by atoms with van der Waals surface area (Å²) in [5.41, 5.74) is 0. The third kappa shape index (κ3) is 4.71. The first-order chi connectivity index (χ1) is 8.54. The summed E-state index contributed by atoms with van der Waals surface area (Å²) in [6.45, 7) is -0.0958. The predicted molar refractivity (Wildman–Crippen MR) is 78.7 cm³/mol. The second kappa shape index (κ2) is 6.09. The molecule has 0 saturated heterocycles. The molecule has 0 unspecified atom stereocenters. The Balaban J connectivity index is 3.00. The predicted octanol–water partition coefficient (Wildman–Crippen LogP) is 1.77. The van der Waals surface area contributed by atoms with Crippen LogP contribution in [-0.2, 0) is 19.9 Å². The molecule has 0 aliphatic carbocycles. The zero-order chi connectivity index (χ0) is 14.8. The van der Waals surface area contributed by atoms with Crippen LogP contribution in [0, 0.1) is 0 Å². The Morgan fingerprint density at radius 2 is 1.84 bits per heavy atom. The first kappa shape index (κ1) is 16.9. The van der Waals surface area contributed by atoms with Crippen LogP contribution in [0.4, 0.5) is 0 Å². The largest absolute Gasteiger partial charge is 0.242 e. The van der Waals surface area contributed by atoms with E-state index in [0.717, 1.165) is 10.6 Å². The Bertz CT molecular complexity index is 673. The average molecular weight is 391 g/mol. The van der Waals surface area contributed by atoms with Gasteiger partial charge in [-0.2, -0.15) is 4.31 Å². The maximum Gasteiger partial charge on any atom is 0.242 e. The number of halogens is 2. The zero-order valence-corrected chi connectivity index (χ0v) is 14.3. The molecule has 19 heavy (non-hydrogen) atoms. The van der Waals surface area contributed by atoms with Crippen molar-refractivity contribution in [2.24, 2.45) is 0 Å². The van der Waals surface area contributed by atoms with Crippen molar-refractivity contribution in [1.29, 1.82) is 0 Å². The molecule has 0 atom stereocenters. The molecule has 0 saturated carbocycles. The lowest BCUT2D eigenvalue weighted by atomic mass is 10.4. The highest BCUT2D eigenvalue weighted by Crippen LogP contribution is 2.26. The van der Waals surface area contributed by atoms with Crippen molar-refractivity contribution < 1.29 is 16.8 Å². The van der Waals surface area contributed by atoms with Crippen molar-refractivity contribution in [2.75, 3.05) is 25.6 Å². The van der Waals surface area contributed by atoms with Crippen LogP contribution in [0.15, 0.2) is 27.6 Å². The van der Waals surface area contributed by atoms with Gasteiger partial charge in [0, 0.05) is 24.3 Å². The molecule has 9 heteroatoms. The van der Waals surface area contributed by atoms with E-state index in [9.17, 15) is 16.8 Å². The fourth-order valence-electron chi connectivity index (χ4n) is 1.23. The average Bonchev–Trinajstić information content (AvgIpc) is 2.28. The summed E-state index contributed by atoms with van der Waals surface area (Å²) >= 11 is 8.94. The molecule has 0 aliphatic rings. The van der Waals surface area contributed by atoms with Gasteiger partial charge >= 0.3 is 0 Å². The SMILES string of the molecule is CN(CCS(C)(=O)=O)S(=O)(=O)c1ccc(Cl)c(Br)c1. The number of nitrogens with zero attached hydrogens (tertiary/aromatic N) is 1. The van der Waals surface area contributed by atoms with E-state index in [2.05, 4.69) is 15.9 Å². The summed E-state index contributed by atoms with van der Waals surface area (Å²) in [5, 5.41) is 0.401. The highest BCUT2D eigenvalue weighted by Gasteiger charge is 2.22. The van der Waals surface area contributed by atoms with Gasteiger partial charge in [0.2, 0.25) is 10.0 Å². The van der Waals surface area contributed by atoms with Crippen molar-refractivity contribution in [3.05, 3.63) is 27.7 Å². The first-order valence-corrected chi connectivity index (χ1v) is 9.80. The van der Waals surface area contributed by atoms with Crippen molar-refractivity contribution in [1.82, 2.24) is 4.31 Å². The minimum Gasteiger partial charge on any atom is -0.229 e. The van der Waals surface area contributed by atoms with Crippen molar-refractivity contribution in [3.8, 4) is 0 Å². The van der Waals surface area contributed by atoms with Crippen LogP contribution >= 0.6 is 27.5 Å². The molecule has 0 aliphatic heterocycles. The van der Waals surface area contributed by atoms with Crippen molar-refractivity contribution >= 4 is 47.4 Å². The summed E-state index contributed by atoms with van der Waals surface area (Å²) in [7, 11) is -5.60. The normalized spacial score (nSPS) is 12.9. The smallest absolute Gasteiger partial charge is 0.229 e. The number of benzene rings is 1. The van der Waals surface area contributed by atoms with Crippen LogP contribution in [0.25, 0.3) is 0 Å². The minimum atomic E-state index is -3.72. The molecule has 0 bridgehead atoms. The van der Waals surface area contributed by atoms with Gasteiger partial charge in [0.15, 0.2) is 0 Å². The van der Waals surface area contributed by atoms with Gasteiger partial charge in [-0.25, -0.2) is 16.8 Å². The monoisotopic (exact) mass is 389 g/mol. The number of hydrogen-bond donors (Lipinski definition) is 0. The highest BCUT2D eigenvalue weighted by atomic mass is 79.9. The van der Waals surface area contributed by atoms with Gasteiger partial charge < -0.3 is 0 Å². The molecule has 5 nitrogen and oxygen atoms in total. The van der Waals surface area contributed by atoms with Gasteiger partial charge in [0.25, 0.3) is 0 Å². The molecule has 0 spiro atoms. The Labute approximate surface area is 126 Å². The zero-order valence-electron chi connectivity index (χ0n) is 10.3. The first-order valence-electron chi connectivity index (χ1n) is 5.13. The number of hydrogen-bond acceptors (Lipinski definition) is 4. The number of sulfonamides is 1. The van der Waals surface area contributed by atoms with Gasteiger partial charge in [-0.05, 0) is 34.1 Å². The van der Waals surface area contributed by atoms with E-state index >= 15 is 0 Å². The third-order valence-corrected chi connectivity index (χ3v) is 6.37. The lowest BCUT2D eigenvalue weighted by molar-refractivity contribution is 0.485. The summed E-state index contributed by atoms with van der Waals surface area (Å²) in [6, 6.07) is 4.22. The lowest BCUT2D eigenvalue weighted by Crippen LogP contribution is -2.31. The molecule has 1 rings (SSSR count). The third-order valence-electron chi connectivity index (χ3n) is 2.38. The van der Waals surface area contributed by atoms with Crippen LogP contribution in [0.5, 0.6) is 0 Å². The fraction of sp³-hybridized carbons (Fsp3) is 0.400. The van der Waals surface area contributed by atoms with Gasteiger partial charge in [-0.3, -0.25) is 0 Å². The van der Waals surface area contributed by atoms with E-state index in [1.807, 2.05) is 0 Å². The second-order valence-electron chi connectivity index (χ2n) is 4.03. The molecule has 108 valence electrons. The number of sulfone groups is 1. The van der Waals surface area contributed by atoms with Gasteiger partial charge in [0.05, 0.1) is 15.7 Å². The van der Waals surface area contributed by atoms with Crippen LogP contribution in [0.1, 0.15) is 0 Å². The molecule has 0 amide bonds. The van der Waals surface area contributed by atoms with E-state index in [1.54, 1.807) is 0 Å². The lowest BCUT2D eigenvalue weighted by Gasteiger charge is -2.17. The molecule has 0 N–H and O–H groups in total. The molecular formula is C10H13BrClNO4S2. The van der Waals surface area contributed by atoms with E-state index in [4.69, 9.17) is 11.6 Å².